The highest BCUT2D eigenvalue weighted by Crippen LogP contribution is 2.49. The molecule has 1 saturated carbocycles. The summed E-state index contributed by atoms with van der Waals surface area (Å²) in [6.45, 7) is 1.36. The van der Waals surface area contributed by atoms with E-state index in [1.165, 1.54) is 10.4 Å². The van der Waals surface area contributed by atoms with E-state index in [9.17, 15) is 14.7 Å². The van der Waals surface area contributed by atoms with Crippen molar-refractivity contribution in [2.75, 3.05) is 6.54 Å². The molecule has 1 aromatic heterocycles. The van der Waals surface area contributed by atoms with Gasteiger partial charge in [-0.1, -0.05) is 12.2 Å². The smallest absolute Gasteiger partial charge is 0.307 e. The number of hydrogen-bond donors (Lipinski definition) is 1. The molecule has 2 bridgehead atoms. The molecule has 4 atom stereocenters. The van der Waals surface area contributed by atoms with Gasteiger partial charge in [0.05, 0.1) is 11.8 Å². The number of nitrogens with zero attached hydrogens (tertiary/aromatic N) is 1. The summed E-state index contributed by atoms with van der Waals surface area (Å²) in [5.41, 5.74) is 1.23. The van der Waals surface area contributed by atoms with Crippen LogP contribution in [0.3, 0.4) is 0 Å². The number of carboxylic acid groups (broad SMARTS) is 1. The van der Waals surface area contributed by atoms with Crippen molar-refractivity contribution in [3.05, 3.63) is 34.0 Å². The molecule has 1 amide bonds. The van der Waals surface area contributed by atoms with Gasteiger partial charge in [-0.25, -0.2) is 0 Å². The van der Waals surface area contributed by atoms with E-state index >= 15 is 0 Å². The summed E-state index contributed by atoms with van der Waals surface area (Å²) >= 11 is 1.75. The highest BCUT2D eigenvalue weighted by molar-refractivity contribution is 7.10. The summed E-state index contributed by atoms with van der Waals surface area (Å²) in [5, 5.41) is 11.5. The number of rotatable bonds is 2. The average molecular weight is 303 g/mol. The molecule has 110 valence electrons. The number of fused-ring (bicyclic) bond motifs is 3. The summed E-state index contributed by atoms with van der Waals surface area (Å²) in [6.07, 6.45) is 5.76. The van der Waals surface area contributed by atoms with Crippen LogP contribution in [0.2, 0.25) is 0 Å². The van der Waals surface area contributed by atoms with E-state index in [1.807, 2.05) is 17.1 Å². The predicted molar refractivity (Wildman–Crippen MR) is 78.8 cm³/mol. The molecule has 0 aromatic carbocycles. The molecule has 0 spiro atoms. The third kappa shape index (κ3) is 1.94. The van der Waals surface area contributed by atoms with Gasteiger partial charge in [0.25, 0.3) is 0 Å². The summed E-state index contributed by atoms with van der Waals surface area (Å²) in [5.74, 6) is -1.51. The van der Waals surface area contributed by atoms with Gasteiger partial charge in [0.2, 0.25) is 5.91 Å². The number of thiophene rings is 1. The van der Waals surface area contributed by atoms with Crippen molar-refractivity contribution < 1.29 is 14.7 Å². The van der Waals surface area contributed by atoms with Crippen molar-refractivity contribution in [2.45, 2.75) is 19.4 Å². The Labute approximate surface area is 127 Å². The maximum atomic E-state index is 12.9. The minimum Gasteiger partial charge on any atom is -0.481 e. The molecule has 2 unspecified atom stereocenters. The van der Waals surface area contributed by atoms with E-state index in [1.54, 1.807) is 11.3 Å². The molecule has 2 heterocycles. The molecule has 3 aliphatic rings. The van der Waals surface area contributed by atoms with Gasteiger partial charge in [-0.2, -0.15) is 0 Å². The Balaban J connectivity index is 1.58. The molecule has 21 heavy (non-hydrogen) atoms. The number of allylic oxidation sites excluding steroid dienone is 2. The van der Waals surface area contributed by atoms with Gasteiger partial charge >= 0.3 is 5.97 Å². The summed E-state index contributed by atoms with van der Waals surface area (Å²) in [4.78, 5) is 27.6. The topological polar surface area (TPSA) is 57.6 Å². The van der Waals surface area contributed by atoms with Crippen LogP contribution in [0.1, 0.15) is 16.9 Å². The fraction of sp³-hybridized carbons (Fsp3) is 0.500. The fourth-order valence-electron chi connectivity index (χ4n) is 4.14. The van der Waals surface area contributed by atoms with Crippen molar-refractivity contribution in [1.29, 1.82) is 0 Å². The maximum Gasteiger partial charge on any atom is 0.307 e. The molecule has 1 N–H and O–H groups in total. The van der Waals surface area contributed by atoms with Crippen LogP contribution >= 0.6 is 11.3 Å². The minimum atomic E-state index is -0.821. The van der Waals surface area contributed by atoms with Gasteiger partial charge in [0.1, 0.15) is 0 Å². The van der Waals surface area contributed by atoms with E-state index in [0.29, 0.717) is 6.54 Å². The van der Waals surface area contributed by atoms with Crippen molar-refractivity contribution in [1.82, 2.24) is 4.90 Å². The molecule has 2 aliphatic carbocycles. The van der Waals surface area contributed by atoms with Crippen LogP contribution in [-0.4, -0.2) is 28.4 Å². The fourth-order valence-corrected chi connectivity index (χ4v) is 5.03. The second kappa shape index (κ2) is 4.70. The Kier molecular flexibility index (Phi) is 2.92. The average Bonchev–Trinajstić information content (AvgIpc) is 3.19. The molecular formula is C16H17NO3S. The molecule has 1 aliphatic heterocycles. The lowest BCUT2D eigenvalue weighted by molar-refractivity contribution is -0.151. The van der Waals surface area contributed by atoms with Crippen molar-refractivity contribution >= 4 is 23.2 Å². The number of aliphatic carboxylic acids is 1. The molecule has 4 nitrogen and oxygen atoms in total. The molecule has 1 aromatic rings. The number of carboxylic acids is 1. The van der Waals surface area contributed by atoms with Crippen LogP contribution < -0.4 is 0 Å². The van der Waals surface area contributed by atoms with Gasteiger partial charge in [0, 0.05) is 18.0 Å². The number of carbonyl (C=O) groups excluding carboxylic acids is 1. The first-order valence-electron chi connectivity index (χ1n) is 7.40. The second-order valence-corrected chi connectivity index (χ2v) is 7.22. The van der Waals surface area contributed by atoms with E-state index in [0.717, 1.165) is 19.4 Å². The third-order valence-electron chi connectivity index (χ3n) is 5.15. The van der Waals surface area contributed by atoms with Crippen LogP contribution in [0.15, 0.2) is 23.6 Å². The highest BCUT2D eigenvalue weighted by Gasteiger charge is 2.52. The Bertz CT molecular complexity index is 635. The van der Waals surface area contributed by atoms with Crippen LogP contribution in [-0.2, 0) is 22.6 Å². The summed E-state index contributed by atoms with van der Waals surface area (Å²) < 4.78 is 0. The van der Waals surface area contributed by atoms with E-state index in [-0.39, 0.29) is 23.7 Å². The minimum absolute atomic E-state index is 0.0381. The van der Waals surface area contributed by atoms with Crippen molar-refractivity contribution in [3.63, 3.8) is 0 Å². The first kappa shape index (κ1) is 13.1. The van der Waals surface area contributed by atoms with Gasteiger partial charge in [-0.15, -0.1) is 11.3 Å². The number of hydrogen-bond acceptors (Lipinski definition) is 3. The van der Waals surface area contributed by atoms with Crippen LogP contribution in [0.25, 0.3) is 0 Å². The lowest BCUT2D eigenvalue weighted by atomic mass is 9.82. The Morgan fingerprint density at radius 1 is 1.24 bits per heavy atom. The standard InChI is InChI=1S/C16H17NO3S/c18-15(17-5-3-12-11(8-17)4-6-21-12)13-9-1-2-10(7-9)14(13)16(19)20/h1-2,4,6,9-10,13-14H,3,5,7-8H2,(H,19,20)/t9?,10?,13-,14+/m0/s1. The lowest BCUT2D eigenvalue weighted by Crippen LogP contribution is -2.44. The zero-order chi connectivity index (χ0) is 14.6. The van der Waals surface area contributed by atoms with Crippen LogP contribution in [0, 0.1) is 23.7 Å². The molecule has 0 radical (unpaired) electrons. The van der Waals surface area contributed by atoms with Gasteiger partial charge in [0.15, 0.2) is 0 Å². The Morgan fingerprint density at radius 2 is 2.00 bits per heavy atom. The molecule has 0 saturated heterocycles. The van der Waals surface area contributed by atoms with Gasteiger partial charge in [-0.3, -0.25) is 9.59 Å². The lowest BCUT2D eigenvalue weighted by Gasteiger charge is -2.33. The largest absolute Gasteiger partial charge is 0.481 e. The third-order valence-corrected chi connectivity index (χ3v) is 6.17. The normalized spacial score (nSPS) is 33.2. The predicted octanol–water partition coefficient (Wildman–Crippen LogP) is 2.16. The van der Waals surface area contributed by atoms with Crippen molar-refractivity contribution in [3.8, 4) is 0 Å². The SMILES string of the molecule is O=C(O)[C@@H]1C2C=CC(C2)[C@@H]1C(=O)N1CCc2sccc2C1. The summed E-state index contributed by atoms with van der Waals surface area (Å²) in [6, 6.07) is 2.08. The zero-order valence-corrected chi connectivity index (χ0v) is 12.4. The molecular weight excluding hydrogens is 286 g/mol. The van der Waals surface area contributed by atoms with Crippen LogP contribution in [0.5, 0.6) is 0 Å². The van der Waals surface area contributed by atoms with E-state index in [2.05, 4.69) is 11.4 Å². The quantitative estimate of drug-likeness (QED) is 0.852. The monoisotopic (exact) mass is 303 g/mol. The Hall–Kier alpha value is -1.62. The highest BCUT2D eigenvalue weighted by atomic mass is 32.1. The number of amides is 1. The maximum absolute atomic E-state index is 12.9. The molecule has 1 fully saturated rings. The first-order chi connectivity index (χ1) is 10.1. The van der Waals surface area contributed by atoms with E-state index < -0.39 is 11.9 Å². The molecule has 4 rings (SSSR count). The molecule has 5 heteroatoms. The summed E-state index contributed by atoms with van der Waals surface area (Å²) in [7, 11) is 0. The second-order valence-electron chi connectivity index (χ2n) is 6.22. The first-order valence-corrected chi connectivity index (χ1v) is 8.28. The number of carbonyl (C=O) groups is 2. The van der Waals surface area contributed by atoms with E-state index in [4.69, 9.17) is 0 Å². The Morgan fingerprint density at radius 3 is 2.76 bits per heavy atom. The van der Waals surface area contributed by atoms with Crippen LogP contribution in [0.4, 0.5) is 0 Å². The van der Waals surface area contributed by atoms with Crippen molar-refractivity contribution in [2.24, 2.45) is 23.7 Å². The zero-order valence-electron chi connectivity index (χ0n) is 11.6. The van der Waals surface area contributed by atoms with Gasteiger partial charge in [-0.05, 0) is 41.7 Å². The van der Waals surface area contributed by atoms with Gasteiger partial charge < -0.3 is 10.0 Å².